The number of rotatable bonds is 7. The average molecular weight is 478 g/mol. The van der Waals surface area contributed by atoms with Crippen LogP contribution in [0.2, 0.25) is 5.02 Å². The van der Waals surface area contributed by atoms with Crippen LogP contribution in [0.5, 0.6) is 0 Å². The topological polar surface area (TPSA) is 69.7 Å². The van der Waals surface area contributed by atoms with Gasteiger partial charge in [0.1, 0.15) is 17.9 Å². The van der Waals surface area contributed by atoms with Crippen LogP contribution in [0.25, 0.3) is 0 Å². The number of carbonyl (C=O) groups excluding carboxylic acids is 3. The maximum absolute atomic E-state index is 14.3. The van der Waals surface area contributed by atoms with Crippen molar-refractivity contribution in [1.29, 1.82) is 0 Å². The predicted octanol–water partition coefficient (Wildman–Crippen LogP) is 4.89. The van der Waals surface area contributed by atoms with Gasteiger partial charge in [0.15, 0.2) is 0 Å². The zero-order valence-corrected chi connectivity index (χ0v) is 20.4. The lowest BCUT2D eigenvalue weighted by atomic mass is 9.65. The van der Waals surface area contributed by atoms with E-state index in [0.717, 1.165) is 37.0 Å². The Morgan fingerprint density at radius 1 is 1.24 bits per heavy atom. The summed E-state index contributed by atoms with van der Waals surface area (Å²) in [7, 11) is 0. The minimum Gasteiger partial charge on any atom is -0.334 e. The lowest BCUT2D eigenvalue weighted by Crippen LogP contribution is -2.51. The van der Waals surface area contributed by atoms with Crippen LogP contribution >= 0.6 is 11.6 Å². The van der Waals surface area contributed by atoms with Gasteiger partial charge < -0.3 is 10.2 Å². The third-order valence-electron chi connectivity index (χ3n) is 8.09. The summed E-state index contributed by atoms with van der Waals surface area (Å²) in [6.45, 7) is 6.38. The second-order valence-corrected chi connectivity index (χ2v) is 10.9. The summed E-state index contributed by atoms with van der Waals surface area (Å²) in [4.78, 5) is 41.8. The first-order valence-electron chi connectivity index (χ1n) is 11.9. The highest BCUT2D eigenvalue weighted by molar-refractivity contribution is 6.31. The summed E-state index contributed by atoms with van der Waals surface area (Å²) >= 11 is 6.16. The molecule has 2 aliphatic carbocycles. The number of carbonyl (C=O) groups is 3. The minimum atomic E-state index is -0.906. The number of amides is 4. The molecule has 3 fully saturated rings. The van der Waals surface area contributed by atoms with Crippen LogP contribution in [0.15, 0.2) is 18.2 Å². The fourth-order valence-corrected chi connectivity index (χ4v) is 5.45. The smallest absolute Gasteiger partial charge is 0.325 e. The Kier molecular flexibility index (Phi) is 6.47. The van der Waals surface area contributed by atoms with Gasteiger partial charge in [0.05, 0.1) is 6.54 Å². The number of halogens is 2. The van der Waals surface area contributed by atoms with Crippen LogP contribution in [0.1, 0.15) is 71.3 Å². The molecular weight excluding hydrogens is 445 g/mol. The lowest BCUT2D eigenvalue weighted by Gasteiger charge is -2.42. The predicted molar refractivity (Wildman–Crippen MR) is 124 cm³/mol. The molecule has 1 spiro atoms. The Morgan fingerprint density at radius 3 is 2.48 bits per heavy atom. The Labute approximate surface area is 199 Å². The molecule has 0 bridgehead atoms. The molecule has 0 atom stereocenters. The first-order valence-corrected chi connectivity index (χ1v) is 12.3. The van der Waals surface area contributed by atoms with Crippen molar-refractivity contribution in [3.05, 3.63) is 34.6 Å². The summed E-state index contributed by atoms with van der Waals surface area (Å²) in [5.41, 5.74) is -0.455. The maximum Gasteiger partial charge on any atom is 0.325 e. The fraction of sp³-hybridized carbons (Fsp3) is 0.640. The molecule has 4 rings (SSSR count). The van der Waals surface area contributed by atoms with Gasteiger partial charge in [0.25, 0.3) is 5.91 Å². The second-order valence-electron chi connectivity index (χ2n) is 10.5. The van der Waals surface area contributed by atoms with Crippen molar-refractivity contribution in [2.24, 2.45) is 11.3 Å². The SMILES string of the molecule is CCC(C)(C)C1CCC2(CC1)NC(=O)N(CC(=O)N(Cc1c(F)cccc1Cl)C1CC1)C2=O. The number of hydrogen-bond donors (Lipinski definition) is 1. The zero-order valence-electron chi connectivity index (χ0n) is 19.6. The Morgan fingerprint density at radius 2 is 1.91 bits per heavy atom. The molecule has 33 heavy (non-hydrogen) atoms. The van der Waals surface area contributed by atoms with Gasteiger partial charge in [-0.1, -0.05) is 44.9 Å². The summed E-state index contributed by atoms with van der Waals surface area (Å²) in [6, 6.07) is 3.89. The highest BCUT2D eigenvalue weighted by Gasteiger charge is 2.54. The molecule has 0 radical (unpaired) electrons. The van der Waals surface area contributed by atoms with Crippen LogP contribution in [0.4, 0.5) is 9.18 Å². The average Bonchev–Trinajstić information content (AvgIpc) is 3.59. The van der Waals surface area contributed by atoms with Gasteiger partial charge in [-0.25, -0.2) is 9.18 Å². The van der Waals surface area contributed by atoms with E-state index < -0.39 is 17.4 Å². The van der Waals surface area contributed by atoms with Crippen molar-refractivity contribution >= 4 is 29.4 Å². The van der Waals surface area contributed by atoms with E-state index in [9.17, 15) is 18.8 Å². The Hall–Kier alpha value is -2.15. The first-order chi connectivity index (χ1) is 15.6. The summed E-state index contributed by atoms with van der Waals surface area (Å²) in [6.07, 6.45) is 5.62. The molecule has 1 aromatic rings. The molecule has 1 saturated heterocycles. The van der Waals surface area contributed by atoms with E-state index in [1.165, 1.54) is 12.1 Å². The molecule has 3 aliphatic rings. The molecule has 8 heteroatoms. The van der Waals surface area contributed by atoms with E-state index in [1.54, 1.807) is 11.0 Å². The van der Waals surface area contributed by atoms with Gasteiger partial charge >= 0.3 is 6.03 Å². The normalized spacial score (nSPS) is 25.5. The highest BCUT2D eigenvalue weighted by Crippen LogP contribution is 2.45. The van der Waals surface area contributed by atoms with Gasteiger partial charge in [-0.05, 0) is 62.0 Å². The molecule has 1 heterocycles. The molecule has 4 amide bonds. The van der Waals surface area contributed by atoms with Crippen molar-refractivity contribution in [2.75, 3.05) is 6.54 Å². The van der Waals surface area contributed by atoms with Crippen molar-refractivity contribution < 1.29 is 18.8 Å². The van der Waals surface area contributed by atoms with E-state index in [-0.39, 0.29) is 46.9 Å². The standard InChI is InChI=1S/C25H33ClFN3O3/c1-4-24(2,3)16-10-12-25(13-11-16)22(32)30(23(33)28-25)15-21(31)29(17-8-9-17)14-18-19(26)6-5-7-20(18)27/h5-7,16-17H,4,8-15H2,1-3H3,(H,28,33). The van der Waals surface area contributed by atoms with E-state index in [2.05, 4.69) is 26.1 Å². The van der Waals surface area contributed by atoms with E-state index >= 15 is 0 Å². The largest absolute Gasteiger partial charge is 0.334 e. The molecule has 1 aromatic carbocycles. The number of imide groups is 1. The summed E-state index contributed by atoms with van der Waals surface area (Å²) in [5.74, 6) is -0.641. The number of hydrogen-bond acceptors (Lipinski definition) is 3. The van der Waals surface area contributed by atoms with Crippen LogP contribution in [-0.2, 0) is 16.1 Å². The van der Waals surface area contributed by atoms with Crippen molar-refractivity contribution in [3.8, 4) is 0 Å². The quantitative estimate of drug-likeness (QED) is 0.568. The van der Waals surface area contributed by atoms with Gasteiger partial charge in [-0.2, -0.15) is 0 Å². The van der Waals surface area contributed by atoms with Gasteiger partial charge in [0, 0.05) is 16.6 Å². The Balaban J connectivity index is 1.45. The van der Waals surface area contributed by atoms with Crippen LogP contribution in [-0.4, -0.2) is 45.8 Å². The number of nitrogens with one attached hydrogen (secondary N) is 1. The van der Waals surface area contributed by atoms with E-state index in [1.807, 2.05) is 0 Å². The lowest BCUT2D eigenvalue weighted by molar-refractivity contribution is -0.140. The van der Waals surface area contributed by atoms with Crippen LogP contribution in [0, 0.1) is 17.2 Å². The molecule has 0 aromatic heterocycles. The number of urea groups is 1. The van der Waals surface area contributed by atoms with Crippen molar-refractivity contribution in [3.63, 3.8) is 0 Å². The first kappa shape index (κ1) is 24.0. The zero-order chi connectivity index (χ0) is 24.0. The van der Waals surface area contributed by atoms with E-state index in [0.29, 0.717) is 18.8 Å². The van der Waals surface area contributed by atoms with E-state index in [4.69, 9.17) is 11.6 Å². The van der Waals surface area contributed by atoms with Gasteiger partial charge in [-0.15, -0.1) is 0 Å². The van der Waals surface area contributed by atoms with Gasteiger partial charge in [-0.3, -0.25) is 14.5 Å². The minimum absolute atomic E-state index is 0.0189. The molecule has 1 aliphatic heterocycles. The monoisotopic (exact) mass is 477 g/mol. The molecule has 2 saturated carbocycles. The van der Waals surface area contributed by atoms with Crippen molar-refractivity contribution in [2.45, 2.75) is 83.8 Å². The summed E-state index contributed by atoms with van der Waals surface area (Å²) in [5, 5.41) is 3.16. The third kappa shape index (κ3) is 4.61. The van der Waals surface area contributed by atoms with Gasteiger partial charge in [0.2, 0.25) is 5.91 Å². The number of benzene rings is 1. The Bertz CT molecular complexity index is 934. The maximum atomic E-state index is 14.3. The fourth-order valence-electron chi connectivity index (χ4n) is 5.23. The van der Waals surface area contributed by atoms with Crippen LogP contribution in [0.3, 0.4) is 0 Å². The summed E-state index contributed by atoms with van der Waals surface area (Å²) < 4.78 is 14.3. The molecule has 1 N–H and O–H groups in total. The second kappa shape index (κ2) is 8.90. The molecule has 180 valence electrons. The molecule has 0 unspecified atom stereocenters. The van der Waals surface area contributed by atoms with Crippen molar-refractivity contribution in [1.82, 2.24) is 15.1 Å². The third-order valence-corrected chi connectivity index (χ3v) is 8.45. The van der Waals surface area contributed by atoms with Crippen LogP contribution < -0.4 is 5.32 Å². The number of nitrogens with zero attached hydrogens (tertiary/aromatic N) is 2. The molecular formula is C25H33ClFN3O3. The highest BCUT2D eigenvalue weighted by atomic mass is 35.5. The molecule has 6 nitrogen and oxygen atoms in total.